The Morgan fingerprint density at radius 1 is 1.12 bits per heavy atom. The Hall–Kier alpha value is -3.35. The number of aromatic nitrogens is 3. The number of hydrogen-bond donors (Lipinski definition) is 2. The minimum atomic E-state index is -0.133. The lowest BCUT2D eigenvalue weighted by Crippen LogP contribution is -2.11. The quantitative estimate of drug-likeness (QED) is 0.683. The number of amides is 1. The van der Waals surface area contributed by atoms with Gasteiger partial charge in [0.1, 0.15) is 5.75 Å². The number of rotatable bonds is 7. The van der Waals surface area contributed by atoms with E-state index in [1.807, 2.05) is 54.6 Å². The fourth-order valence-corrected chi connectivity index (χ4v) is 2.47. The minimum Gasteiger partial charge on any atom is -0.496 e. The molecular weight excluding hydrogens is 330 g/mol. The summed E-state index contributed by atoms with van der Waals surface area (Å²) in [5.74, 6) is 1.47. The molecule has 3 aromatic rings. The van der Waals surface area contributed by atoms with Crippen LogP contribution in [0.5, 0.6) is 5.75 Å². The van der Waals surface area contributed by atoms with Crippen LogP contribution in [0.4, 0.5) is 11.9 Å². The maximum absolute atomic E-state index is 11.7. The third-order valence-electron chi connectivity index (χ3n) is 3.81. The van der Waals surface area contributed by atoms with Gasteiger partial charge in [0.25, 0.3) is 5.95 Å². The first-order chi connectivity index (χ1) is 12.7. The highest BCUT2D eigenvalue weighted by Gasteiger charge is 2.13. The minimum absolute atomic E-state index is 0.133. The van der Waals surface area contributed by atoms with Crippen LogP contribution in [0.25, 0.3) is 5.69 Å². The van der Waals surface area contributed by atoms with Gasteiger partial charge in [-0.25, -0.2) is 0 Å². The van der Waals surface area contributed by atoms with Crippen molar-refractivity contribution >= 4 is 17.8 Å². The van der Waals surface area contributed by atoms with Crippen LogP contribution in [0.2, 0.25) is 0 Å². The summed E-state index contributed by atoms with van der Waals surface area (Å²) in [6.07, 6.45) is 0.365. The summed E-state index contributed by atoms with van der Waals surface area (Å²) in [6, 6.07) is 17.4. The molecule has 0 bridgehead atoms. The Labute approximate surface area is 152 Å². The molecule has 2 aromatic carbocycles. The van der Waals surface area contributed by atoms with Crippen LogP contribution in [0, 0.1) is 0 Å². The van der Waals surface area contributed by atoms with Gasteiger partial charge in [0.05, 0.1) is 12.8 Å². The molecule has 0 aliphatic carbocycles. The van der Waals surface area contributed by atoms with Crippen LogP contribution in [-0.2, 0) is 11.3 Å². The maximum atomic E-state index is 11.7. The van der Waals surface area contributed by atoms with Gasteiger partial charge in [0.2, 0.25) is 11.9 Å². The van der Waals surface area contributed by atoms with Crippen LogP contribution < -0.4 is 15.4 Å². The van der Waals surface area contributed by atoms with E-state index in [9.17, 15) is 4.79 Å². The number of carbonyl (C=O) groups is 1. The Kier molecular flexibility index (Phi) is 5.48. The van der Waals surface area contributed by atoms with Crippen LogP contribution in [-0.4, -0.2) is 27.8 Å². The zero-order valence-electron chi connectivity index (χ0n) is 14.8. The molecule has 1 amide bonds. The summed E-state index contributed by atoms with van der Waals surface area (Å²) in [4.78, 5) is 16.1. The average molecular weight is 351 g/mol. The van der Waals surface area contributed by atoms with Crippen molar-refractivity contribution in [3.05, 3.63) is 60.2 Å². The molecule has 0 fully saturated rings. The van der Waals surface area contributed by atoms with Gasteiger partial charge in [-0.2, -0.15) is 9.67 Å². The number of para-hydroxylation sites is 2. The molecule has 1 aromatic heterocycles. The number of carbonyl (C=O) groups excluding carboxylic acids is 1. The zero-order chi connectivity index (χ0) is 18.4. The normalized spacial score (nSPS) is 10.4. The van der Waals surface area contributed by atoms with E-state index < -0.39 is 0 Å². The zero-order valence-corrected chi connectivity index (χ0v) is 14.8. The Morgan fingerprint density at radius 2 is 1.85 bits per heavy atom. The van der Waals surface area contributed by atoms with E-state index in [1.165, 1.54) is 0 Å². The summed E-state index contributed by atoms with van der Waals surface area (Å²) < 4.78 is 7.05. The van der Waals surface area contributed by atoms with E-state index in [0.717, 1.165) is 17.0 Å². The summed E-state index contributed by atoms with van der Waals surface area (Å²) in [6.45, 7) is 2.29. The highest BCUT2D eigenvalue weighted by Crippen LogP contribution is 2.21. The first-order valence-electron chi connectivity index (χ1n) is 8.39. The number of benzene rings is 2. The fraction of sp³-hybridized carbons (Fsp3) is 0.211. The molecule has 0 atom stereocenters. The van der Waals surface area contributed by atoms with Crippen molar-refractivity contribution in [3.63, 3.8) is 0 Å². The van der Waals surface area contributed by atoms with Gasteiger partial charge in [-0.05, 0) is 18.2 Å². The molecule has 0 aliphatic heterocycles. The molecule has 0 unspecified atom stereocenters. The van der Waals surface area contributed by atoms with Crippen molar-refractivity contribution in [2.75, 3.05) is 17.7 Å². The van der Waals surface area contributed by atoms with E-state index in [1.54, 1.807) is 18.7 Å². The molecule has 2 N–H and O–H groups in total. The second-order valence-electron chi connectivity index (χ2n) is 5.57. The highest BCUT2D eigenvalue weighted by atomic mass is 16.5. The molecule has 0 saturated carbocycles. The van der Waals surface area contributed by atoms with E-state index in [2.05, 4.69) is 20.7 Å². The summed E-state index contributed by atoms with van der Waals surface area (Å²) in [5, 5.41) is 10.4. The lowest BCUT2D eigenvalue weighted by Gasteiger charge is -2.10. The Balaban J connectivity index is 1.88. The van der Waals surface area contributed by atoms with Gasteiger partial charge in [0.15, 0.2) is 0 Å². The topological polar surface area (TPSA) is 81.1 Å². The number of methoxy groups -OCH3 is 1. The molecule has 1 heterocycles. The number of anilines is 2. The van der Waals surface area contributed by atoms with Gasteiger partial charge < -0.3 is 10.1 Å². The molecule has 0 spiro atoms. The van der Waals surface area contributed by atoms with E-state index in [0.29, 0.717) is 18.9 Å². The lowest BCUT2D eigenvalue weighted by atomic mass is 10.2. The third kappa shape index (κ3) is 4.00. The van der Waals surface area contributed by atoms with Gasteiger partial charge >= 0.3 is 0 Å². The monoisotopic (exact) mass is 351 g/mol. The van der Waals surface area contributed by atoms with Crippen LogP contribution >= 0.6 is 0 Å². The fourth-order valence-electron chi connectivity index (χ4n) is 2.47. The molecule has 0 radical (unpaired) electrons. The van der Waals surface area contributed by atoms with Crippen LogP contribution in [0.1, 0.15) is 18.9 Å². The van der Waals surface area contributed by atoms with Crippen molar-refractivity contribution in [3.8, 4) is 11.4 Å². The largest absolute Gasteiger partial charge is 0.496 e. The second kappa shape index (κ2) is 8.15. The van der Waals surface area contributed by atoms with Crippen molar-refractivity contribution in [1.82, 2.24) is 14.8 Å². The standard InChI is InChI=1S/C19H21N5O2/c1-3-17(25)21-18-22-19(24(23-18)15-10-5-4-6-11-15)20-13-14-9-7-8-12-16(14)26-2/h4-12H,3,13H2,1-2H3,(H2,20,21,22,23,25). The SMILES string of the molecule is CCC(=O)Nc1nc(NCc2ccccc2OC)n(-c2ccccc2)n1. The van der Waals surface area contributed by atoms with E-state index in [4.69, 9.17) is 4.74 Å². The number of ether oxygens (including phenoxy) is 1. The van der Waals surface area contributed by atoms with Gasteiger partial charge in [-0.1, -0.05) is 43.3 Å². The molecular formula is C19H21N5O2. The van der Waals surface area contributed by atoms with Crippen molar-refractivity contribution in [2.24, 2.45) is 0 Å². The molecule has 0 saturated heterocycles. The lowest BCUT2D eigenvalue weighted by molar-refractivity contribution is -0.115. The van der Waals surface area contributed by atoms with Crippen molar-refractivity contribution in [2.45, 2.75) is 19.9 Å². The Bertz CT molecular complexity index is 877. The van der Waals surface area contributed by atoms with Crippen LogP contribution in [0.3, 0.4) is 0 Å². The number of nitrogens with one attached hydrogen (secondary N) is 2. The summed E-state index contributed by atoms with van der Waals surface area (Å²) in [5.41, 5.74) is 1.84. The predicted molar refractivity (Wildman–Crippen MR) is 101 cm³/mol. The molecule has 3 rings (SSSR count). The first-order valence-corrected chi connectivity index (χ1v) is 8.39. The average Bonchev–Trinajstić information content (AvgIpc) is 3.09. The highest BCUT2D eigenvalue weighted by molar-refractivity contribution is 5.88. The number of hydrogen-bond acceptors (Lipinski definition) is 5. The maximum Gasteiger partial charge on any atom is 0.251 e. The smallest absolute Gasteiger partial charge is 0.251 e. The second-order valence-corrected chi connectivity index (χ2v) is 5.57. The van der Waals surface area contributed by atoms with Crippen molar-refractivity contribution in [1.29, 1.82) is 0 Å². The van der Waals surface area contributed by atoms with E-state index in [-0.39, 0.29) is 11.9 Å². The molecule has 7 heteroatoms. The summed E-state index contributed by atoms with van der Waals surface area (Å²) in [7, 11) is 1.64. The number of nitrogens with zero attached hydrogens (tertiary/aromatic N) is 3. The van der Waals surface area contributed by atoms with Crippen LogP contribution in [0.15, 0.2) is 54.6 Å². The molecule has 0 aliphatic rings. The third-order valence-corrected chi connectivity index (χ3v) is 3.81. The van der Waals surface area contributed by atoms with Gasteiger partial charge in [-0.3, -0.25) is 10.1 Å². The Morgan fingerprint density at radius 3 is 2.58 bits per heavy atom. The van der Waals surface area contributed by atoms with E-state index >= 15 is 0 Å². The first kappa shape index (κ1) is 17.5. The molecule has 134 valence electrons. The molecule has 7 nitrogen and oxygen atoms in total. The predicted octanol–water partition coefficient (Wildman–Crippen LogP) is 3.24. The van der Waals surface area contributed by atoms with Gasteiger partial charge in [0, 0.05) is 18.5 Å². The summed E-state index contributed by atoms with van der Waals surface area (Å²) >= 11 is 0. The van der Waals surface area contributed by atoms with Crippen molar-refractivity contribution < 1.29 is 9.53 Å². The molecule has 26 heavy (non-hydrogen) atoms. The van der Waals surface area contributed by atoms with Gasteiger partial charge in [-0.15, -0.1) is 5.10 Å².